The van der Waals surface area contributed by atoms with E-state index in [2.05, 4.69) is 35.3 Å². The van der Waals surface area contributed by atoms with Crippen LogP contribution in [0.3, 0.4) is 0 Å². The van der Waals surface area contributed by atoms with Crippen LogP contribution in [0.4, 0.5) is 18.9 Å². The van der Waals surface area contributed by atoms with Gasteiger partial charge in [0.15, 0.2) is 0 Å². The van der Waals surface area contributed by atoms with E-state index in [0.29, 0.717) is 6.42 Å². The molecule has 1 amide bonds. The summed E-state index contributed by atoms with van der Waals surface area (Å²) < 4.78 is 39.5. The molecule has 5 rings (SSSR count). The molecule has 1 N–H and O–H groups in total. The van der Waals surface area contributed by atoms with E-state index in [9.17, 15) is 18.0 Å². The monoisotopic (exact) mass is 492 g/mol. The van der Waals surface area contributed by atoms with Crippen LogP contribution in [0.2, 0.25) is 0 Å². The van der Waals surface area contributed by atoms with Gasteiger partial charge >= 0.3 is 6.18 Å². The first-order valence-corrected chi connectivity index (χ1v) is 12.7. The molecule has 3 aromatic carbocycles. The number of nitrogens with zero attached hydrogens (tertiary/aromatic N) is 1. The molecule has 36 heavy (non-hydrogen) atoms. The summed E-state index contributed by atoms with van der Waals surface area (Å²) in [5, 5.41) is 3.15. The highest BCUT2D eigenvalue weighted by Crippen LogP contribution is 2.46. The lowest BCUT2D eigenvalue weighted by Gasteiger charge is -2.35. The number of hydrogen-bond donors (Lipinski definition) is 1. The van der Waals surface area contributed by atoms with Gasteiger partial charge in [-0.3, -0.25) is 4.79 Å². The molecule has 188 valence electrons. The van der Waals surface area contributed by atoms with Gasteiger partial charge in [-0.2, -0.15) is 13.2 Å². The summed E-state index contributed by atoms with van der Waals surface area (Å²) in [6.07, 6.45) is -1.15. The zero-order valence-corrected chi connectivity index (χ0v) is 20.4. The molecular formula is C30H31F3N2O. The van der Waals surface area contributed by atoms with Crippen molar-refractivity contribution in [3.63, 3.8) is 0 Å². The Morgan fingerprint density at radius 1 is 0.972 bits per heavy atom. The van der Waals surface area contributed by atoms with Crippen LogP contribution in [0.15, 0.2) is 72.8 Å². The van der Waals surface area contributed by atoms with Crippen molar-refractivity contribution in [2.45, 2.75) is 50.1 Å². The molecule has 6 heteroatoms. The van der Waals surface area contributed by atoms with Gasteiger partial charge in [-0.05, 0) is 85.6 Å². The lowest BCUT2D eigenvalue weighted by Crippen LogP contribution is -2.41. The molecule has 0 aliphatic carbocycles. The van der Waals surface area contributed by atoms with Crippen molar-refractivity contribution in [2.75, 3.05) is 25.0 Å². The standard InChI is InChI=1S/C30H31F3N2O/c1-2-21-11-12-26-27(19-21)34-28(36)29(26,24-8-4-3-5-9-24)15-18-35-16-13-22(14-17-35)23-7-6-10-25(20-23)30(31,32)33/h3-12,19-20,22H,2,13-18H2,1H3,(H,34,36). The molecule has 1 atom stereocenters. The molecule has 2 aliphatic heterocycles. The van der Waals surface area contributed by atoms with Gasteiger partial charge in [-0.15, -0.1) is 0 Å². The first-order valence-electron chi connectivity index (χ1n) is 12.7. The van der Waals surface area contributed by atoms with Crippen molar-refractivity contribution in [2.24, 2.45) is 0 Å². The number of amides is 1. The number of carbonyl (C=O) groups is 1. The minimum Gasteiger partial charge on any atom is -0.325 e. The van der Waals surface area contributed by atoms with Crippen molar-refractivity contribution in [3.05, 3.63) is 101 Å². The molecule has 2 aliphatic rings. The number of anilines is 1. The zero-order chi connectivity index (χ0) is 25.3. The van der Waals surface area contributed by atoms with Gasteiger partial charge < -0.3 is 10.2 Å². The number of alkyl halides is 3. The number of likely N-dealkylation sites (tertiary alicyclic amines) is 1. The van der Waals surface area contributed by atoms with Gasteiger partial charge in [0.25, 0.3) is 0 Å². The van der Waals surface area contributed by atoms with Crippen LogP contribution in [-0.2, 0) is 22.8 Å². The van der Waals surface area contributed by atoms with Gasteiger partial charge in [0.2, 0.25) is 5.91 Å². The van der Waals surface area contributed by atoms with Crippen LogP contribution < -0.4 is 5.32 Å². The van der Waals surface area contributed by atoms with E-state index in [1.807, 2.05) is 36.4 Å². The Morgan fingerprint density at radius 2 is 1.72 bits per heavy atom. The average Bonchev–Trinajstić information content (AvgIpc) is 3.18. The van der Waals surface area contributed by atoms with E-state index in [0.717, 1.165) is 67.3 Å². The Bertz CT molecular complexity index is 1230. The molecule has 1 unspecified atom stereocenters. The molecule has 0 bridgehead atoms. The molecule has 0 radical (unpaired) electrons. The normalized spacial score (nSPS) is 20.8. The van der Waals surface area contributed by atoms with Crippen molar-refractivity contribution < 1.29 is 18.0 Å². The van der Waals surface area contributed by atoms with Crippen LogP contribution >= 0.6 is 0 Å². The number of hydrogen-bond acceptors (Lipinski definition) is 2. The largest absolute Gasteiger partial charge is 0.416 e. The Balaban J connectivity index is 1.33. The number of rotatable bonds is 6. The molecule has 3 nitrogen and oxygen atoms in total. The van der Waals surface area contributed by atoms with Crippen LogP contribution in [0.25, 0.3) is 0 Å². The first kappa shape index (κ1) is 24.6. The highest BCUT2D eigenvalue weighted by atomic mass is 19.4. The predicted molar refractivity (Wildman–Crippen MR) is 136 cm³/mol. The predicted octanol–water partition coefficient (Wildman–Crippen LogP) is 6.78. The van der Waals surface area contributed by atoms with E-state index < -0.39 is 17.2 Å². The third-order valence-electron chi connectivity index (χ3n) is 7.93. The van der Waals surface area contributed by atoms with Crippen LogP contribution in [-0.4, -0.2) is 30.4 Å². The molecule has 1 fully saturated rings. The minimum absolute atomic E-state index is 0.0100. The summed E-state index contributed by atoms with van der Waals surface area (Å²) in [7, 11) is 0. The maximum atomic E-state index is 13.6. The Hall–Kier alpha value is -3.12. The third kappa shape index (κ3) is 4.55. The Labute approximate surface area is 210 Å². The lowest BCUT2D eigenvalue weighted by molar-refractivity contribution is -0.137. The third-order valence-corrected chi connectivity index (χ3v) is 7.93. The van der Waals surface area contributed by atoms with Crippen LogP contribution in [0.1, 0.15) is 59.9 Å². The van der Waals surface area contributed by atoms with Crippen molar-refractivity contribution in [1.82, 2.24) is 4.90 Å². The quantitative estimate of drug-likeness (QED) is 0.412. The second kappa shape index (κ2) is 9.74. The molecule has 3 aromatic rings. The SMILES string of the molecule is CCc1ccc2c(c1)NC(=O)C2(CCN1CCC(c2cccc(C(F)(F)F)c2)CC1)c1ccccc1. The van der Waals surface area contributed by atoms with Gasteiger partial charge in [0.1, 0.15) is 5.41 Å². The second-order valence-corrected chi connectivity index (χ2v) is 9.95. The van der Waals surface area contributed by atoms with Crippen LogP contribution in [0.5, 0.6) is 0 Å². The first-order chi connectivity index (χ1) is 17.3. The topological polar surface area (TPSA) is 32.3 Å². The smallest absolute Gasteiger partial charge is 0.325 e. The van der Waals surface area contributed by atoms with E-state index in [1.54, 1.807) is 0 Å². The fraction of sp³-hybridized carbons (Fsp3) is 0.367. The summed E-state index contributed by atoms with van der Waals surface area (Å²) in [5.41, 5.74) is 3.53. The van der Waals surface area contributed by atoms with E-state index in [1.165, 1.54) is 17.7 Å². The van der Waals surface area contributed by atoms with Gasteiger partial charge in [0.05, 0.1) is 5.56 Å². The number of fused-ring (bicyclic) bond motifs is 1. The summed E-state index contributed by atoms with van der Waals surface area (Å²) in [6.45, 7) is 4.45. The average molecular weight is 493 g/mol. The maximum absolute atomic E-state index is 13.6. The van der Waals surface area contributed by atoms with E-state index >= 15 is 0 Å². The maximum Gasteiger partial charge on any atom is 0.416 e. The van der Waals surface area contributed by atoms with Crippen molar-refractivity contribution >= 4 is 11.6 Å². The second-order valence-electron chi connectivity index (χ2n) is 9.95. The fourth-order valence-electron chi connectivity index (χ4n) is 5.82. The van der Waals surface area contributed by atoms with E-state index in [4.69, 9.17) is 0 Å². The highest BCUT2D eigenvalue weighted by Gasteiger charge is 2.48. The van der Waals surface area contributed by atoms with Gasteiger partial charge in [-0.1, -0.05) is 67.6 Å². The zero-order valence-electron chi connectivity index (χ0n) is 20.4. The summed E-state index contributed by atoms with van der Waals surface area (Å²) in [6, 6.07) is 22.0. The number of halogens is 3. The van der Waals surface area contributed by atoms with Gasteiger partial charge in [0, 0.05) is 5.69 Å². The molecule has 1 saturated heterocycles. The van der Waals surface area contributed by atoms with E-state index in [-0.39, 0.29) is 11.8 Å². The summed E-state index contributed by atoms with van der Waals surface area (Å²) in [4.78, 5) is 15.9. The molecule has 0 spiro atoms. The molecule has 0 saturated carbocycles. The Kier molecular flexibility index (Phi) is 6.64. The van der Waals surface area contributed by atoms with Gasteiger partial charge in [-0.25, -0.2) is 0 Å². The molecule has 0 aromatic heterocycles. The lowest BCUT2D eigenvalue weighted by atomic mass is 9.72. The number of carbonyl (C=O) groups excluding carboxylic acids is 1. The van der Waals surface area contributed by atoms with Crippen molar-refractivity contribution in [3.8, 4) is 0 Å². The molecular weight excluding hydrogens is 461 g/mol. The number of nitrogens with one attached hydrogen (secondary N) is 1. The minimum atomic E-state index is -4.32. The number of benzene rings is 3. The number of aryl methyl sites for hydroxylation is 1. The summed E-state index contributed by atoms with van der Waals surface area (Å²) in [5.74, 6) is 0.130. The number of piperidine rings is 1. The Morgan fingerprint density at radius 3 is 2.42 bits per heavy atom. The fourth-order valence-corrected chi connectivity index (χ4v) is 5.82. The highest BCUT2D eigenvalue weighted by molar-refractivity contribution is 6.08. The summed E-state index contributed by atoms with van der Waals surface area (Å²) >= 11 is 0. The van der Waals surface area contributed by atoms with Crippen LogP contribution in [0, 0.1) is 0 Å². The molecule has 2 heterocycles. The van der Waals surface area contributed by atoms with Crippen molar-refractivity contribution in [1.29, 1.82) is 0 Å².